The predicted molar refractivity (Wildman–Crippen MR) is 82.3 cm³/mol. The summed E-state index contributed by atoms with van der Waals surface area (Å²) in [5, 5.41) is 0. The standard InChI is InChI=1S/C17H26N2O/c1-3-12-19(13-15-8-6-14(2)7-9-15)16(20)17(18)10-4-5-11-17/h6-9H,3-5,10-13,18H2,1-2H3. The van der Waals surface area contributed by atoms with Crippen molar-refractivity contribution in [2.75, 3.05) is 6.54 Å². The summed E-state index contributed by atoms with van der Waals surface area (Å²) in [4.78, 5) is 14.7. The van der Waals surface area contributed by atoms with Crippen LogP contribution in [0, 0.1) is 6.92 Å². The quantitative estimate of drug-likeness (QED) is 0.897. The van der Waals surface area contributed by atoms with Gasteiger partial charge in [0.05, 0.1) is 5.54 Å². The van der Waals surface area contributed by atoms with Gasteiger partial charge in [0.25, 0.3) is 0 Å². The van der Waals surface area contributed by atoms with Gasteiger partial charge in [-0.05, 0) is 31.7 Å². The van der Waals surface area contributed by atoms with Crippen molar-refractivity contribution in [2.24, 2.45) is 5.73 Å². The molecule has 0 aliphatic heterocycles. The molecule has 1 saturated carbocycles. The van der Waals surface area contributed by atoms with Crippen molar-refractivity contribution >= 4 is 5.91 Å². The van der Waals surface area contributed by atoms with Crippen molar-refractivity contribution in [3.8, 4) is 0 Å². The molecule has 1 aromatic rings. The molecule has 0 spiro atoms. The van der Waals surface area contributed by atoms with Crippen molar-refractivity contribution < 1.29 is 4.79 Å². The number of nitrogens with zero attached hydrogens (tertiary/aromatic N) is 1. The van der Waals surface area contributed by atoms with Gasteiger partial charge in [-0.1, -0.05) is 49.6 Å². The molecule has 0 heterocycles. The summed E-state index contributed by atoms with van der Waals surface area (Å²) in [6.45, 7) is 5.64. The van der Waals surface area contributed by atoms with Gasteiger partial charge in [-0.15, -0.1) is 0 Å². The van der Waals surface area contributed by atoms with Crippen LogP contribution in [0.4, 0.5) is 0 Å². The van der Waals surface area contributed by atoms with Gasteiger partial charge < -0.3 is 10.6 Å². The van der Waals surface area contributed by atoms with E-state index in [1.165, 1.54) is 11.1 Å². The second kappa shape index (κ2) is 6.40. The minimum absolute atomic E-state index is 0.137. The molecule has 1 amide bonds. The van der Waals surface area contributed by atoms with Crippen LogP contribution in [-0.4, -0.2) is 22.9 Å². The zero-order valence-electron chi connectivity index (χ0n) is 12.7. The maximum absolute atomic E-state index is 12.7. The van der Waals surface area contributed by atoms with E-state index in [-0.39, 0.29) is 5.91 Å². The molecule has 0 unspecified atom stereocenters. The number of aryl methyl sites for hydroxylation is 1. The van der Waals surface area contributed by atoms with Crippen molar-refractivity contribution in [2.45, 2.75) is 58.0 Å². The van der Waals surface area contributed by atoms with Gasteiger partial charge in [0.1, 0.15) is 0 Å². The highest BCUT2D eigenvalue weighted by Crippen LogP contribution is 2.29. The lowest BCUT2D eigenvalue weighted by atomic mass is 9.96. The van der Waals surface area contributed by atoms with Crippen LogP contribution in [0.3, 0.4) is 0 Å². The van der Waals surface area contributed by atoms with Crippen LogP contribution in [0.2, 0.25) is 0 Å². The summed E-state index contributed by atoms with van der Waals surface area (Å²) in [5.74, 6) is 0.137. The first-order valence-electron chi connectivity index (χ1n) is 7.69. The van der Waals surface area contributed by atoms with Crippen LogP contribution in [0.5, 0.6) is 0 Å². The van der Waals surface area contributed by atoms with Crippen molar-refractivity contribution in [3.05, 3.63) is 35.4 Å². The van der Waals surface area contributed by atoms with Crippen LogP contribution in [0.25, 0.3) is 0 Å². The molecule has 1 aromatic carbocycles. The summed E-state index contributed by atoms with van der Waals surface area (Å²) in [7, 11) is 0. The number of rotatable bonds is 5. The minimum Gasteiger partial charge on any atom is -0.337 e. The molecule has 2 N–H and O–H groups in total. The lowest BCUT2D eigenvalue weighted by Gasteiger charge is -2.31. The van der Waals surface area contributed by atoms with Crippen LogP contribution in [-0.2, 0) is 11.3 Å². The van der Waals surface area contributed by atoms with E-state index in [9.17, 15) is 4.79 Å². The van der Waals surface area contributed by atoms with E-state index in [1.807, 2.05) is 4.90 Å². The highest BCUT2D eigenvalue weighted by Gasteiger charge is 2.39. The van der Waals surface area contributed by atoms with E-state index in [1.54, 1.807) is 0 Å². The fourth-order valence-corrected chi connectivity index (χ4v) is 2.97. The number of nitrogens with two attached hydrogens (primary N) is 1. The Balaban J connectivity index is 2.10. The Morgan fingerprint density at radius 2 is 1.85 bits per heavy atom. The Labute approximate surface area is 122 Å². The molecular weight excluding hydrogens is 248 g/mol. The van der Waals surface area contributed by atoms with Crippen molar-refractivity contribution in [1.29, 1.82) is 0 Å². The minimum atomic E-state index is -0.611. The average molecular weight is 274 g/mol. The van der Waals surface area contributed by atoms with Crippen LogP contribution < -0.4 is 5.73 Å². The summed E-state index contributed by atoms with van der Waals surface area (Å²) >= 11 is 0. The largest absolute Gasteiger partial charge is 0.337 e. The second-order valence-corrected chi connectivity index (χ2v) is 6.08. The summed E-state index contributed by atoms with van der Waals surface area (Å²) in [6, 6.07) is 8.39. The molecule has 0 bridgehead atoms. The van der Waals surface area contributed by atoms with Gasteiger partial charge in [0, 0.05) is 13.1 Å². The van der Waals surface area contributed by atoms with E-state index in [2.05, 4.69) is 38.1 Å². The van der Waals surface area contributed by atoms with Gasteiger partial charge in [-0.3, -0.25) is 4.79 Å². The lowest BCUT2D eigenvalue weighted by Crippen LogP contribution is -2.53. The Hall–Kier alpha value is -1.35. The first kappa shape index (κ1) is 15.0. The molecule has 3 nitrogen and oxygen atoms in total. The van der Waals surface area contributed by atoms with Gasteiger partial charge in [0.2, 0.25) is 5.91 Å². The summed E-state index contributed by atoms with van der Waals surface area (Å²) < 4.78 is 0. The zero-order valence-corrected chi connectivity index (χ0v) is 12.7. The third kappa shape index (κ3) is 3.40. The number of carbonyl (C=O) groups is 1. The fourth-order valence-electron chi connectivity index (χ4n) is 2.97. The SMILES string of the molecule is CCCN(Cc1ccc(C)cc1)C(=O)C1(N)CCCC1. The van der Waals surface area contributed by atoms with E-state index in [0.717, 1.165) is 38.6 Å². The monoisotopic (exact) mass is 274 g/mol. The van der Waals surface area contributed by atoms with Crippen molar-refractivity contribution in [1.82, 2.24) is 4.90 Å². The molecule has 0 radical (unpaired) electrons. The van der Waals surface area contributed by atoms with Crippen LogP contribution in [0.15, 0.2) is 24.3 Å². The number of hydrogen-bond acceptors (Lipinski definition) is 2. The topological polar surface area (TPSA) is 46.3 Å². The number of benzene rings is 1. The molecule has 110 valence electrons. The van der Waals surface area contributed by atoms with E-state index < -0.39 is 5.54 Å². The van der Waals surface area contributed by atoms with E-state index in [0.29, 0.717) is 6.54 Å². The molecule has 2 rings (SSSR count). The molecule has 0 atom stereocenters. The van der Waals surface area contributed by atoms with Crippen molar-refractivity contribution in [3.63, 3.8) is 0 Å². The first-order chi connectivity index (χ1) is 9.55. The smallest absolute Gasteiger partial charge is 0.242 e. The molecule has 1 fully saturated rings. The summed E-state index contributed by atoms with van der Waals surface area (Å²) in [6.07, 6.45) is 4.78. The molecule has 0 saturated heterocycles. The Bertz CT molecular complexity index is 447. The van der Waals surface area contributed by atoms with Gasteiger partial charge in [-0.2, -0.15) is 0 Å². The Morgan fingerprint density at radius 3 is 2.40 bits per heavy atom. The Kier molecular flexibility index (Phi) is 4.81. The molecule has 3 heteroatoms. The maximum Gasteiger partial charge on any atom is 0.242 e. The van der Waals surface area contributed by atoms with E-state index >= 15 is 0 Å². The highest BCUT2D eigenvalue weighted by atomic mass is 16.2. The third-order valence-corrected chi connectivity index (χ3v) is 4.20. The number of carbonyl (C=O) groups excluding carboxylic acids is 1. The molecule has 20 heavy (non-hydrogen) atoms. The van der Waals surface area contributed by atoms with Crippen LogP contribution in [0.1, 0.15) is 50.2 Å². The second-order valence-electron chi connectivity index (χ2n) is 6.08. The fraction of sp³-hybridized carbons (Fsp3) is 0.588. The summed E-state index contributed by atoms with van der Waals surface area (Å²) in [5.41, 5.74) is 8.13. The third-order valence-electron chi connectivity index (χ3n) is 4.20. The van der Waals surface area contributed by atoms with Gasteiger partial charge >= 0.3 is 0 Å². The number of amides is 1. The number of hydrogen-bond donors (Lipinski definition) is 1. The average Bonchev–Trinajstić information content (AvgIpc) is 2.88. The highest BCUT2D eigenvalue weighted by molar-refractivity contribution is 5.86. The Morgan fingerprint density at radius 1 is 1.25 bits per heavy atom. The lowest BCUT2D eigenvalue weighted by molar-refractivity contribution is -0.137. The van der Waals surface area contributed by atoms with E-state index in [4.69, 9.17) is 5.73 Å². The zero-order chi connectivity index (χ0) is 14.6. The molecular formula is C17H26N2O. The molecule has 1 aliphatic carbocycles. The van der Waals surface area contributed by atoms with Gasteiger partial charge in [-0.25, -0.2) is 0 Å². The maximum atomic E-state index is 12.7. The first-order valence-corrected chi connectivity index (χ1v) is 7.69. The predicted octanol–water partition coefficient (Wildman–Crippen LogP) is 3.01. The van der Waals surface area contributed by atoms with Gasteiger partial charge in [0.15, 0.2) is 0 Å². The van der Waals surface area contributed by atoms with Crippen LogP contribution >= 0.6 is 0 Å². The molecule has 0 aromatic heterocycles. The molecule has 1 aliphatic rings. The normalized spacial score (nSPS) is 17.1.